The van der Waals surface area contributed by atoms with Gasteiger partial charge in [-0.15, -0.1) is 0 Å². The van der Waals surface area contributed by atoms with E-state index in [1.807, 2.05) is 67.6 Å². The van der Waals surface area contributed by atoms with Crippen LogP contribution in [0.5, 0.6) is 0 Å². The molecule has 1 unspecified atom stereocenters. The Morgan fingerprint density at radius 1 is 0.191 bits per heavy atom. The Balaban J connectivity index is 0.000000143. The van der Waals surface area contributed by atoms with Crippen LogP contribution in [-0.2, 0) is 25.7 Å². The van der Waals surface area contributed by atoms with Crippen LogP contribution in [0.15, 0.2) is 490 Å². The van der Waals surface area contributed by atoms with Gasteiger partial charge in [-0.05, 0) is 330 Å². The van der Waals surface area contributed by atoms with E-state index in [1.54, 1.807) is 0 Å². The van der Waals surface area contributed by atoms with Crippen LogP contribution >= 0.6 is 0 Å². The maximum atomic E-state index is 5.78. The number of hydrogen-bond donors (Lipinski definition) is 0. The van der Waals surface area contributed by atoms with Crippen molar-refractivity contribution in [2.24, 2.45) is 5.92 Å². The largest absolute Gasteiger partial charge is 0.445 e. The van der Waals surface area contributed by atoms with Crippen molar-refractivity contribution in [3.8, 4) is 0 Å². The van der Waals surface area contributed by atoms with Crippen LogP contribution in [0.3, 0.4) is 0 Å². The molecule has 18 aromatic rings. The summed E-state index contributed by atoms with van der Waals surface area (Å²) < 4.78 is 5.78. The molecule has 17 aromatic carbocycles. The van der Waals surface area contributed by atoms with Crippen molar-refractivity contribution in [1.29, 1.82) is 0 Å². The lowest BCUT2D eigenvalue weighted by atomic mass is 9.92. The minimum Gasteiger partial charge on any atom is -0.445 e. The summed E-state index contributed by atoms with van der Waals surface area (Å²) in [7, 11) is 0. The minimum atomic E-state index is 0.801. The van der Waals surface area contributed by atoms with Gasteiger partial charge in [0.05, 0.1) is 0 Å². The summed E-state index contributed by atoms with van der Waals surface area (Å²) in [6.07, 6.45) is 23.0. The van der Waals surface area contributed by atoms with E-state index < -0.39 is 0 Å². The normalized spacial score (nSPS) is 10.8. The number of hydrogen-bond acceptors (Lipinski definition) is 7. The molecule has 1 atom stereocenters. The maximum absolute atomic E-state index is 5.78. The highest BCUT2D eigenvalue weighted by Crippen LogP contribution is 2.42. The molecule has 0 bridgehead atoms. The zero-order valence-electron chi connectivity index (χ0n) is 84.6. The Labute approximate surface area is 844 Å². The third-order valence-electron chi connectivity index (χ3n) is 25.4. The van der Waals surface area contributed by atoms with Crippen LogP contribution in [0.25, 0.3) is 0 Å². The molecule has 0 spiro atoms. The second-order valence-corrected chi connectivity index (χ2v) is 36.2. The molecule has 0 aliphatic rings. The van der Waals surface area contributed by atoms with E-state index in [0.717, 1.165) is 41.8 Å². The van der Waals surface area contributed by atoms with Gasteiger partial charge in [-0.25, -0.2) is 0 Å². The van der Waals surface area contributed by atoms with Gasteiger partial charge in [0.25, 0.3) is 0 Å². The molecule has 1 heterocycles. The summed E-state index contributed by atoms with van der Waals surface area (Å²) >= 11 is 0. The smallest absolute Gasteiger partial charge is 0.204 e. The third-order valence-corrected chi connectivity index (χ3v) is 25.4. The van der Waals surface area contributed by atoms with Crippen LogP contribution in [0.1, 0.15) is 169 Å². The number of unbranched alkanes of at least 4 members (excludes halogenated alkanes) is 8. The predicted octanol–water partition coefficient (Wildman–Crippen LogP) is 40.1. The Bertz CT molecular complexity index is 6190. The number of para-hydroxylation sites is 12. The van der Waals surface area contributed by atoms with Crippen molar-refractivity contribution >= 4 is 103 Å². The van der Waals surface area contributed by atoms with Crippen molar-refractivity contribution in [2.75, 3.05) is 29.4 Å². The minimum absolute atomic E-state index is 0.801. The second-order valence-electron chi connectivity index (χ2n) is 36.2. The molecule has 7 nitrogen and oxygen atoms in total. The molecule has 0 amide bonds. The Morgan fingerprint density at radius 3 is 0.752 bits per heavy atom. The van der Waals surface area contributed by atoms with Crippen molar-refractivity contribution in [1.82, 2.24) is 0 Å². The Hall–Kier alpha value is -15.2. The summed E-state index contributed by atoms with van der Waals surface area (Å²) in [5.74, 6) is 2.54. The van der Waals surface area contributed by atoms with Gasteiger partial charge in [-0.1, -0.05) is 372 Å². The number of anilines is 18. The molecule has 141 heavy (non-hydrogen) atoms. The molecule has 0 aliphatic carbocycles. The van der Waals surface area contributed by atoms with Crippen molar-refractivity contribution in [3.63, 3.8) is 0 Å². The highest BCUT2D eigenvalue weighted by molar-refractivity contribution is 5.82. The van der Waals surface area contributed by atoms with Crippen LogP contribution < -0.4 is 29.4 Å². The van der Waals surface area contributed by atoms with Crippen molar-refractivity contribution in [2.45, 2.75) is 178 Å². The topological polar surface area (TPSA) is 32.6 Å². The van der Waals surface area contributed by atoms with Crippen LogP contribution in [0.4, 0.5) is 103 Å². The SMILES string of the molecule is CCCCC(CC)Cc1ccc(N(c2ccccc2)c2ccccc2)cc1.CCCCCCCCc1ccc(N(c2ccccc2)c2ccccc2)cc1.CCCCc1cc(C)cc(N(c2ccccc2)c2ccccc2)c1.CCCCc1ccc(N(c2ccccc2)c2ccccc2)cc1.Cc1ccc(N(c2ccccc2)c2ccccc2)cc1C.Cc1ccc(N(c2ccccc2)c2ccccc2)o1. The number of furan rings is 1. The first-order valence-electron chi connectivity index (χ1n) is 51.4. The first-order chi connectivity index (χ1) is 69.4. The van der Waals surface area contributed by atoms with Crippen molar-refractivity contribution < 1.29 is 4.42 Å². The van der Waals surface area contributed by atoms with E-state index in [4.69, 9.17) is 4.42 Å². The molecule has 1 aromatic heterocycles. The molecule has 0 fully saturated rings. The molecule has 716 valence electrons. The highest BCUT2D eigenvalue weighted by atomic mass is 16.4. The first-order valence-corrected chi connectivity index (χ1v) is 51.4. The standard InChI is InChI=1S/2C26H31N.C23H25N.C22H23N.C20H19N.C17H15NO/c1-3-5-12-22(4-2)21-23-17-19-26(20-18-23)27(24-13-8-6-9-14-24)25-15-10-7-11-16-25;1-2-3-4-5-6-9-14-23-19-21-26(22-20-23)27(24-15-10-7-11-16-24)25-17-12-8-13-18-25;1-3-4-11-20-16-19(2)17-23(18-20)24(21-12-7-5-8-13-21)22-14-9-6-10-15-22;1-2-3-10-19-15-17-22(18-16-19)23(20-11-6-4-7-12-20)21-13-8-5-9-14-21;1-16-13-14-20(15-17(16)2)21(18-9-5-3-6-10-18)19-11-7-4-8-12-19;1-14-12-13-17(19-14)18(15-8-4-2-5-9-15)16-10-6-3-7-11-16/h6-11,13-20,22H,3-5,12,21H2,1-2H3;7-8,10-13,15-22H,2-6,9,14H2,1H3;5-10,12-18H,3-4,11H2,1-2H3;4-9,11-18H,2-3,10H2,1H3;3-15H,1-2H3;2-13H,1H3. The summed E-state index contributed by atoms with van der Waals surface area (Å²) in [4.78, 5) is 13.7. The maximum Gasteiger partial charge on any atom is 0.204 e. The van der Waals surface area contributed by atoms with Gasteiger partial charge < -0.3 is 28.9 Å². The van der Waals surface area contributed by atoms with Gasteiger partial charge in [-0.3, -0.25) is 4.90 Å². The lowest BCUT2D eigenvalue weighted by Crippen LogP contribution is -2.10. The van der Waals surface area contributed by atoms with E-state index in [9.17, 15) is 0 Å². The third kappa shape index (κ3) is 31.9. The van der Waals surface area contributed by atoms with E-state index in [-0.39, 0.29) is 0 Å². The lowest BCUT2D eigenvalue weighted by Gasteiger charge is -2.26. The summed E-state index contributed by atoms with van der Waals surface area (Å²) in [6, 6.07) is 171. The molecular formula is C134H144N6O. The fourth-order valence-electron chi connectivity index (χ4n) is 17.6. The second kappa shape index (κ2) is 57.3. The predicted molar refractivity (Wildman–Crippen MR) is 609 cm³/mol. The average molecular weight is 1850 g/mol. The van der Waals surface area contributed by atoms with Gasteiger partial charge in [0.15, 0.2) is 0 Å². The molecule has 0 saturated carbocycles. The molecule has 0 radical (unpaired) electrons. The Morgan fingerprint density at radius 2 is 0.454 bits per heavy atom. The van der Waals surface area contributed by atoms with Gasteiger partial charge in [0, 0.05) is 103 Å². The van der Waals surface area contributed by atoms with Gasteiger partial charge in [0.2, 0.25) is 5.88 Å². The fraction of sp³-hybridized carbons (Fsp3) is 0.209. The number of aryl methyl sites for hydroxylation is 7. The summed E-state index contributed by atoms with van der Waals surface area (Å²) in [5, 5.41) is 0. The van der Waals surface area contributed by atoms with E-state index in [0.29, 0.717) is 0 Å². The fourth-order valence-corrected chi connectivity index (χ4v) is 17.6. The molecule has 0 N–H and O–H groups in total. The number of nitrogens with zero attached hydrogens (tertiary/aromatic N) is 6. The molecule has 0 saturated heterocycles. The van der Waals surface area contributed by atoms with E-state index in [1.165, 1.54) is 227 Å². The quantitative estimate of drug-likeness (QED) is 0.0359. The zero-order valence-corrected chi connectivity index (χ0v) is 84.6. The van der Waals surface area contributed by atoms with Crippen LogP contribution in [-0.4, -0.2) is 0 Å². The molecule has 0 aliphatic heterocycles. The number of benzene rings is 17. The monoisotopic (exact) mass is 1850 g/mol. The molecule has 18 rings (SSSR count). The Kier molecular flexibility index (Phi) is 41.9. The summed E-state index contributed by atoms with van der Waals surface area (Å²) in [5.41, 5.74) is 29.7. The molecular weight excluding hydrogens is 1710 g/mol. The van der Waals surface area contributed by atoms with E-state index in [2.05, 4.69) is 509 Å². The van der Waals surface area contributed by atoms with Gasteiger partial charge in [-0.2, -0.15) is 0 Å². The van der Waals surface area contributed by atoms with Crippen LogP contribution in [0, 0.1) is 33.6 Å². The summed E-state index contributed by atoms with van der Waals surface area (Å²) in [6.45, 7) is 19.8. The van der Waals surface area contributed by atoms with Gasteiger partial charge in [0.1, 0.15) is 5.76 Å². The zero-order chi connectivity index (χ0) is 98.1. The molecule has 7 heteroatoms. The van der Waals surface area contributed by atoms with Crippen LogP contribution in [0.2, 0.25) is 0 Å². The van der Waals surface area contributed by atoms with E-state index >= 15 is 0 Å². The van der Waals surface area contributed by atoms with Gasteiger partial charge >= 0.3 is 0 Å². The number of rotatable bonds is 37. The average Bonchev–Trinajstić information content (AvgIpc) is 1.83. The lowest BCUT2D eigenvalue weighted by molar-refractivity contribution is 0.449. The van der Waals surface area contributed by atoms with Crippen molar-refractivity contribution in [3.05, 3.63) is 530 Å². The highest BCUT2D eigenvalue weighted by Gasteiger charge is 2.21. The first kappa shape index (κ1) is 103.